The van der Waals surface area contributed by atoms with Gasteiger partial charge >= 0.3 is 0 Å². The number of hydrogen-bond acceptors (Lipinski definition) is 8. The lowest BCUT2D eigenvalue weighted by Crippen LogP contribution is -2.51. The number of methoxy groups -OCH3 is 1. The van der Waals surface area contributed by atoms with E-state index in [0.717, 1.165) is 53.5 Å². The van der Waals surface area contributed by atoms with Crippen LogP contribution in [0, 0.1) is 5.92 Å². The maximum atomic E-state index is 12.3. The Morgan fingerprint density at radius 2 is 2.03 bits per heavy atom. The van der Waals surface area contributed by atoms with Crippen LogP contribution in [0.5, 0.6) is 0 Å². The molecule has 1 aliphatic carbocycles. The zero-order valence-corrected chi connectivity index (χ0v) is 18.5. The number of ether oxygens (including phenoxy) is 1. The second-order valence-corrected chi connectivity index (χ2v) is 8.55. The third kappa shape index (κ3) is 3.45. The molecule has 1 aromatic carbocycles. The van der Waals surface area contributed by atoms with E-state index < -0.39 is 0 Å². The molecule has 1 saturated carbocycles. The number of oxazole rings is 1. The summed E-state index contributed by atoms with van der Waals surface area (Å²) in [4.78, 5) is 28.3. The molecule has 1 amide bonds. The molecule has 0 atom stereocenters. The van der Waals surface area contributed by atoms with Gasteiger partial charge in [0.25, 0.3) is 0 Å². The molecule has 0 unspecified atom stereocenters. The molecule has 2 aliphatic rings. The Morgan fingerprint density at radius 3 is 2.79 bits per heavy atom. The molecular formula is C24H24N6O3. The van der Waals surface area contributed by atoms with E-state index in [1.165, 1.54) is 0 Å². The number of carbonyl (C=O) groups excluding carboxylic acids is 1. The molecule has 0 bridgehead atoms. The lowest BCUT2D eigenvalue weighted by molar-refractivity contribution is -0.117. The molecule has 4 aromatic rings. The van der Waals surface area contributed by atoms with E-state index in [2.05, 4.69) is 31.6 Å². The number of pyridine rings is 2. The predicted molar refractivity (Wildman–Crippen MR) is 126 cm³/mol. The zero-order chi connectivity index (χ0) is 22.5. The highest BCUT2D eigenvalue weighted by Gasteiger charge is 2.30. The molecule has 9 heteroatoms. The largest absolute Gasteiger partial charge is 0.436 e. The number of anilines is 3. The van der Waals surface area contributed by atoms with E-state index >= 15 is 0 Å². The van der Waals surface area contributed by atoms with Crippen molar-refractivity contribution in [3.05, 3.63) is 36.7 Å². The predicted octanol–water partition coefficient (Wildman–Crippen LogP) is 3.66. The normalized spacial score (nSPS) is 16.2. The first kappa shape index (κ1) is 19.9. The van der Waals surface area contributed by atoms with Gasteiger partial charge in [-0.15, -0.1) is 0 Å². The monoisotopic (exact) mass is 444 g/mol. The van der Waals surface area contributed by atoms with Crippen LogP contribution in [0.3, 0.4) is 0 Å². The van der Waals surface area contributed by atoms with Crippen molar-refractivity contribution in [1.29, 1.82) is 0 Å². The minimum absolute atomic E-state index is 0.0155. The molecule has 168 valence electrons. The molecule has 0 spiro atoms. The second-order valence-electron chi connectivity index (χ2n) is 8.55. The number of aromatic nitrogens is 3. The molecule has 0 radical (unpaired) electrons. The van der Waals surface area contributed by atoms with Crippen LogP contribution in [-0.4, -0.2) is 54.2 Å². The maximum Gasteiger partial charge on any atom is 0.229 e. The van der Waals surface area contributed by atoms with Crippen LogP contribution in [-0.2, 0) is 9.53 Å². The standard InChI is InChI=1S/C24H24N6O3/c1-25-22-16-9-26-20(28-23(31)13-6-7-13)8-15(16)17(10-27-22)24-29-21-18(4-3-5-19(21)33-24)30-11-14(12-30)32-2/h3-5,8-10,13-14H,6-7,11-12H2,1-2H3,(H,25,27)(H,26,28,31). The van der Waals surface area contributed by atoms with E-state index in [9.17, 15) is 4.79 Å². The summed E-state index contributed by atoms with van der Waals surface area (Å²) in [7, 11) is 3.55. The number of nitrogens with one attached hydrogen (secondary N) is 2. The van der Waals surface area contributed by atoms with E-state index in [-0.39, 0.29) is 17.9 Å². The summed E-state index contributed by atoms with van der Waals surface area (Å²) in [6.45, 7) is 1.66. The molecule has 1 aliphatic heterocycles. The second kappa shape index (κ2) is 7.70. The van der Waals surface area contributed by atoms with Crippen molar-refractivity contribution in [3.8, 4) is 11.5 Å². The summed E-state index contributed by atoms with van der Waals surface area (Å²) >= 11 is 0. The van der Waals surface area contributed by atoms with Crippen molar-refractivity contribution in [3.63, 3.8) is 0 Å². The fourth-order valence-corrected chi connectivity index (χ4v) is 4.24. The lowest BCUT2D eigenvalue weighted by atomic mass is 10.1. The van der Waals surface area contributed by atoms with E-state index in [1.807, 2.05) is 25.2 Å². The zero-order valence-electron chi connectivity index (χ0n) is 18.5. The van der Waals surface area contributed by atoms with E-state index in [1.54, 1.807) is 19.5 Å². The summed E-state index contributed by atoms with van der Waals surface area (Å²) < 4.78 is 11.6. The van der Waals surface area contributed by atoms with Gasteiger partial charge in [-0.2, -0.15) is 0 Å². The van der Waals surface area contributed by atoms with Gasteiger partial charge in [-0.05, 0) is 31.0 Å². The van der Waals surface area contributed by atoms with Crippen molar-refractivity contribution >= 4 is 45.1 Å². The molecule has 2 N–H and O–H groups in total. The first-order valence-corrected chi connectivity index (χ1v) is 11.1. The van der Waals surface area contributed by atoms with Crippen LogP contribution >= 0.6 is 0 Å². The molecule has 33 heavy (non-hydrogen) atoms. The summed E-state index contributed by atoms with van der Waals surface area (Å²) in [6, 6.07) is 7.81. The maximum absolute atomic E-state index is 12.3. The Hall–Kier alpha value is -3.72. The molecule has 9 nitrogen and oxygen atoms in total. The fraction of sp³-hybridized carbons (Fsp3) is 0.333. The van der Waals surface area contributed by atoms with Crippen molar-refractivity contribution in [2.45, 2.75) is 18.9 Å². The van der Waals surface area contributed by atoms with Gasteiger partial charge in [-0.25, -0.2) is 15.0 Å². The van der Waals surface area contributed by atoms with E-state index in [0.29, 0.717) is 23.1 Å². The summed E-state index contributed by atoms with van der Waals surface area (Å²) in [5, 5.41) is 7.71. The Kier molecular flexibility index (Phi) is 4.65. The van der Waals surface area contributed by atoms with Gasteiger partial charge in [-0.3, -0.25) is 4.79 Å². The van der Waals surface area contributed by atoms with Crippen LogP contribution < -0.4 is 15.5 Å². The minimum atomic E-state index is 0.0155. The molecule has 1 saturated heterocycles. The number of benzene rings is 1. The molecule has 3 aromatic heterocycles. The average molecular weight is 444 g/mol. The topological polar surface area (TPSA) is 105 Å². The summed E-state index contributed by atoms with van der Waals surface area (Å²) in [6.07, 6.45) is 5.58. The van der Waals surface area contributed by atoms with Gasteiger partial charge in [0.15, 0.2) is 5.58 Å². The van der Waals surface area contributed by atoms with Crippen LogP contribution in [0.1, 0.15) is 12.8 Å². The molecular weight excluding hydrogens is 420 g/mol. The highest BCUT2D eigenvalue weighted by molar-refractivity contribution is 6.03. The highest BCUT2D eigenvalue weighted by atomic mass is 16.5. The Bertz CT molecular complexity index is 1370. The van der Waals surface area contributed by atoms with Crippen molar-refractivity contribution in [1.82, 2.24) is 15.0 Å². The van der Waals surface area contributed by atoms with Crippen molar-refractivity contribution in [2.75, 3.05) is 42.8 Å². The number of amides is 1. The Labute approximate surface area is 190 Å². The van der Waals surface area contributed by atoms with Gasteiger partial charge in [0, 0.05) is 56.3 Å². The van der Waals surface area contributed by atoms with Crippen LogP contribution in [0.4, 0.5) is 17.3 Å². The third-order valence-corrected chi connectivity index (χ3v) is 6.36. The van der Waals surface area contributed by atoms with Crippen molar-refractivity contribution < 1.29 is 13.9 Å². The van der Waals surface area contributed by atoms with Crippen LogP contribution in [0.25, 0.3) is 33.3 Å². The number of carbonyl (C=O) groups is 1. The fourth-order valence-electron chi connectivity index (χ4n) is 4.24. The van der Waals surface area contributed by atoms with Gasteiger partial charge < -0.3 is 24.7 Å². The van der Waals surface area contributed by atoms with Crippen LogP contribution in [0.15, 0.2) is 41.1 Å². The Balaban J connectivity index is 1.44. The van der Waals surface area contributed by atoms with Gasteiger partial charge in [0.1, 0.15) is 17.2 Å². The summed E-state index contributed by atoms with van der Waals surface area (Å²) in [5.41, 5.74) is 3.29. The molecule has 2 fully saturated rings. The van der Waals surface area contributed by atoms with Crippen molar-refractivity contribution in [2.24, 2.45) is 5.92 Å². The first-order valence-electron chi connectivity index (χ1n) is 11.1. The van der Waals surface area contributed by atoms with Gasteiger partial charge in [0.2, 0.25) is 11.8 Å². The number of para-hydroxylation sites is 1. The SMILES string of the molecule is CNc1ncc(-c2nc3c(N4CC(OC)C4)cccc3o2)c2cc(NC(=O)C3CC3)ncc12. The number of rotatable bonds is 6. The quantitative estimate of drug-likeness (QED) is 0.464. The number of fused-ring (bicyclic) bond motifs is 2. The Morgan fingerprint density at radius 1 is 1.18 bits per heavy atom. The van der Waals surface area contributed by atoms with Gasteiger partial charge in [-0.1, -0.05) is 6.07 Å². The first-order chi connectivity index (χ1) is 16.1. The number of nitrogens with zero attached hydrogens (tertiary/aromatic N) is 4. The number of hydrogen-bond donors (Lipinski definition) is 2. The van der Waals surface area contributed by atoms with E-state index in [4.69, 9.17) is 14.1 Å². The van der Waals surface area contributed by atoms with Gasteiger partial charge in [0.05, 0.1) is 17.4 Å². The smallest absolute Gasteiger partial charge is 0.229 e. The molecule has 6 rings (SSSR count). The molecule has 4 heterocycles. The summed E-state index contributed by atoms with van der Waals surface area (Å²) in [5.74, 6) is 1.80. The third-order valence-electron chi connectivity index (χ3n) is 6.36. The van der Waals surface area contributed by atoms with Crippen LogP contribution in [0.2, 0.25) is 0 Å². The minimum Gasteiger partial charge on any atom is -0.436 e. The lowest BCUT2D eigenvalue weighted by Gasteiger charge is -2.39. The average Bonchev–Trinajstić information content (AvgIpc) is 3.56. The highest BCUT2D eigenvalue weighted by Crippen LogP contribution is 2.37.